The van der Waals surface area contributed by atoms with Gasteiger partial charge < -0.3 is 10.1 Å². The van der Waals surface area contributed by atoms with Crippen LogP contribution in [0.3, 0.4) is 0 Å². The molecular weight excluding hydrogens is 186 g/mol. The zero-order valence-corrected chi connectivity index (χ0v) is 10.8. The van der Waals surface area contributed by atoms with Crippen molar-refractivity contribution in [3.63, 3.8) is 0 Å². The third-order valence-electron chi connectivity index (χ3n) is 3.34. The maximum absolute atomic E-state index is 6.04. The topological polar surface area (TPSA) is 21.3 Å². The molecule has 1 aliphatic rings. The van der Waals surface area contributed by atoms with Gasteiger partial charge >= 0.3 is 0 Å². The Bertz CT molecular complexity index is 173. The molecule has 1 heterocycles. The lowest BCUT2D eigenvalue weighted by Crippen LogP contribution is -2.25. The molecule has 2 nitrogen and oxygen atoms in total. The van der Waals surface area contributed by atoms with Crippen molar-refractivity contribution in [1.82, 2.24) is 5.32 Å². The van der Waals surface area contributed by atoms with Gasteiger partial charge in [0, 0.05) is 0 Å². The third kappa shape index (κ3) is 4.52. The van der Waals surface area contributed by atoms with E-state index in [0.717, 1.165) is 12.5 Å². The van der Waals surface area contributed by atoms with Gasteiger partial charge in [0.15, 0.2) is 0 Å². The summed E-state index contributed by atoms with van der Waals surface area (Å²) in [6.07, 6.45) is 6.80. The summed E-state index contributed by atoms with van der Waals surface area (Å²) in [5.74, 6) is 0.791. The van der Waals surface area contributed by atoms with E-state index < -0.39 is 0 Å². The van der Waals surface area contributed by atoms with Crippen molar-refractivity contribution in [3.05, 3.63) is 0 Å². The Kier molecular flexibility index (Phi) is 5.07. The van der Waals surface area contributed by atoms with E-state index in [1.54, 1.807) is 0 Å². The Morgan fingerprint density at radius 1 is 1.47 bits per heavy atom. The summed E-state index contributed by atoms with van der Waals surface area (Å²) in [6.45, 7) is 7.82. The van der Waals surface area contributed by atoms with Gasteiger partial charge in [0.25, 0.3) is 0 Å². The van der Waals surface area contributed by atoms with E-state index >= 15 is 0 Å². The normalized spacial score (nSPS) is 26.8. The van der Waals surface area contributed by atoms with Gasteiger partial charge in [-0.1, -0.05) is 13.3 Å². The molecule has 0 aliphatic carbocycles. The van der Waals surface area contributed by atoms with Crippen LogP contribution in [0.4, 0.5) is 0 Å². The van der Waals surface area contributed by atoms with Crippen LogP contribution in [0.1, 0.15) is 52.9 Å². The minimum Gasteiger partial charge on any atom is -0.372 e. The first-order chi connectivity index (χ1) is 7.07. The van der Waals surface area contributed by atoms with Gasteiger partial charge in [-0.05, 0) is 59.0 Å². The molecule has 15 heavy (non-hydrogen) atoms. The summed E-state index contributed by atoms with van der Waals surface area (Å²) >= 11 is 0. The SMILES string of the molecule is CCCC(CNC)CC1CCC(C)(C)O1. The maximum atomic E-state index is 6.04. The molecule has 1 fully saturated rings. The average molecular weight is 213 g/mol. The molecule has 2 heteroatoms. The second-order valence-electron chi connectivity index (χ2n) is 5.49. The Hall–Kier alpha value is -0.0800. The Morgan fingerprint density at radius 2 is 2.20 bits per heavy atom. The van der Waals surface area contributed by atoms with Crippen LogP contribution in [0.25, 0.3) is 0 Å². The quantitative estimate of drug-likeness (QED) is 0.732. The van der Waals surface area contributed by atoms with Crippen LogP contribution in [-0.4, -0.2) is 25.3 Å². The summed E-state index contributed by atoms with van der Waals surface area (Å²) in [4.78, 5) is 0. The monoisotopic (exact) mass is 213 g/mol. The highest BCUT2D eigenvalue weighted by Gasteiger charge is 2.32. The van der Waals surface area contributed by atoms with Crippen LogP contribution in [-0.2, 0) is 4.74 Å². The van der Waals surface area contributed by atoms with Gasteiger partial charge in [-0.25, -0.2) is 0 Å². The lowest BCUT2D eigenvalue weighted by atomic mass is 9.95. The Labute approximate surface area is 94.8 Å². The lowest BCUT2D eigenvalue weighted by Gasteiger charge is -2.23. The van der Waals surface area contributed by atoms with Crippen LogP contribution < -0.4 is 5.32 Å². The minimum absolute atomic E-state index is 0.126. The highest BCUT2D eigenvalue weighted by molar-refractivity contribution is 4.82. The standard InChI is InChI=1S/C13H27NO/c1-5-6-11(10-14-4)9-12-7-8-13(2,3)15-12/h11-12,14H,5-10H2,1-4H3. The predicted molar refractivity (Wildman–Crippen MR) is 65.1 cm³/mol. The van der Waals surface area contributed by atoms with E-state index in [0.29, 0.717) is 6.10 Å². The molecule has 0 aromatic carbocycles. The van der Waals surface area contributed by atoms with Gasteiger partial charge in [0.1, 0.15) is 0 Å². The van der Waals surface area contributed by atoms with Crippen molar-refractivity contribution >= 4 is 0 Å². The smallest absolute Gasteiger partial charge is 0.0631 e. The fourth-order valence-electron chi connectivity index (χ4n) is 2.62. The minimum atomic E-state index is 0.126. The molecule has 0 spiro atoms. The summed E-state index contributed by atoms with van der Waals surface area (Å²) in [5.41, 5.74) is 0.126. The maximum Gasteiger partial charge on any atom is 0.0631 e. The van der Waals surface area contributed by atoms with Crippen molar-refractivity contribution in [2.75, 3.05) is 13.6 Å². The molecule has 0 amide bonds. The fraction of sp³-hybridized carbons (Fsp3) is 1.00. The second kappa shape index (κ2) is 5.86. The summed E-state index contributed by atoms with van der Waals surface area (Å²) in [7, 11) is 2.04. The number of rotatable bonds is 6. The van der Waals surface area contributed by atoms with Crippen molar-refractivity contribution < 1.29 is 4.74 Å². The van der Waals surface area contributed by atoms with Crippen LogP contribution in [0.5, 0.6) is 0 Å². The summed E-state index contributed by atoms with van der Waals surface area (Å²) < 4.78 is 6.04. The third-order valence-corrected chi connectivity index (χ3v) is 3.34. The van der Waals surface area contributed by atoms with Crippen molar-refractivity contribution in [3.8, 4) is 0 Å². The van der Waals surface area contributed by atoms with E-state index in [2.05, 4.69) is 26.1 Å². The number of nitrogens with one attached hydrogen (secondary N) is 1. The molecule has 0 saturated carbocycles. The first kappa shape index (κ1) is 13.0. The molecule has 1 saturated heterocycles. The van der Waals surface area contributed by atoms with Gasteiger partial charge in [-0.2, -0.15) is 0 Å². The summed E-state index contributed by atoms with van der Waals surface area (Å²) in [5, 5.41) is 3.29. The molecule has 0 aromatic rings. The van der Waals surface area contributed by atoms with Gasteiger partial charge in [-0.3, -0.25) is 0 Å². The largest absolute Gasteiger partial charge is 0.372 e. The first-order valence-corrected chi connectivity index (χ1v) is 6.40. The van der Waals surface area contributed by atoms with Gasteiger partial charge in [0.05, 0.1) is 11.7 Å². The van der Waals surface area contributed by atoms with Crippen LogP contribution in [0.2, 0.25) is 0 Å². The molecule has 1 N–H and O–H groups in total. The predicted octanol–water partition coefficient (Wildman–Crippen LogP) is 2.97. The Balaban J connectivity index is 2.32. The molecule has 90 valence electrons. The van der Waals surface area contributed by atoms with Gasteiger partial charge in [0.2, 0.25) is 0 Å². The second-order valence-corrected chi connectivity index (χ2v) is 5.49. The van der Waals surface area contributed by atoms with Crippen LogP contribution in [0.15, 0.2) is 0 Å². The first-order valence-electron chi connectivity index (χ1n) is 6.40. The number of ether oxygens (including phenoxy) is 1. The molecule has 1 rings (SSSR count). The average Bonchev–Trinajstić information content (AvgIpc) is 2.46. The van der Waals surface area contributed by atoms with E-state index in [-0.39, 0.29) is 5.60 Å². The number of hydrogen-bond donors (Lipinski definition) is 1. The van der Waals surface area contributed by atoms with Gasteiger partial charge in [-0.15, -0.1) is 0 Å². The zero-order chi connectivity index (χ0) is 11.3. The molecule has 1 aliphatic heterocycles. The molecule has 2 unspecified atom stereocenters. The molecule has 2 atom stereocenters. The van der Waals surface area contributed by atoms with Crippen molar-refractivity contribution in [2.45, 2.75) is 64.6 Å². The van der Waals surface area contributed by atoms with E-state index in [9.17, 15) is 0 Å². The van der Waals surface area contributed by atoms with E-state index in [4.69, 9.17) is 4.74 Å². The van der Waals surface area contributed by atoms with Crippen LogP contribution in [0, 0.1) is 5.92 Å². The Morgan fingerprint density at radius 3 is 2.67 bits per heavy atom. The van der Waals surface area contributed by atoms with Crippen LogP contribution >= 0.6 is 0 Å². The molecule has 0 radical (unpaired) electrons. The van der Waals surface area contributed by atoms with E-state index in [1.165, 1.54) is 32.1 Å². The van der Waals surface area contributed by atoms with Crippen molar-refractivity contribution in [2.24, 2.45) is 5.92 Å². The summed E-state index contributed by atoms with van der Waals surface area (Å²) in [6, 6.07) is 0. The fourth-order valence-corrected chi connectivity index (χ4v) is 2.62. The lowest BCUT2D eigenvalue weighted by molar-refractivity contribution is -0.0248. The highest BCUT2D eigenvalue weighted by Crippen LogP contribution is 2.33. The highest BCUT2D eigenvalue weighted by atomic mass is 16.5. The zero-order valence-electron chi connectivity index (χ0n) is 10.8. The molecule has 0 aromatic heterocycles. The number of hydrogen-bond acceptors (Lipinski definition) is 2. The molecule has 0 bridgehead atoms. The van der Waals surface area contributed by atoms with Crippen molar-refractivity contribution in [1.29, 1.82) is 0 Å². The van der Waals surface area contributed by atoms with E-state index in [1.807, 2.05) is 7.05 Å². The molecular formula is C13H27NO.